The number of hydrogen-bond donors (Lipinski definition) is 0. The van der Waals surface area contributed by atoms with E-state index in [-0.39, 0.29) is 0 Å². The fourth-order valence-corrected chi connectivity index (χ4v) is 2.99. The lowest BCUT2D eigenvalue weighted by atomic mass is 10.1. The second kappa shape index (κ2) is 7.21. The summed E-state index contributed by atoms with van der Waals surface area (Å²) >= 11 is 3.32. The minimum atomic E-state index is -0.481. The number of carbonyl (C=O) groups excluding carboxylic acids is 1. The Balaban J connectivity index is 1.66. The Labute approximate surface area is 163 Å². The van der Waals surface area contributed by atoms with E-state index < -0.39 is 11.6 Å². The Bertz CT molecular complexity index is 1180. The van der Waals surface area contributed by atoms with Gasteiger partial charge in [-0.2, -0.15) is 0 Å². The predicted molar refractivity (Wildman–Crippen MR) is 107 cm³/mol. The van der Waals surface area contributed by atoms with Crippen LogP contribution in [0.4, 0.5) is 0 Å². The third-order valence-corrected chi connectivity index (χ3v) is 4.61. The van der Waals surface area contributed by atoms with Crippen molar-refractivity contribution >= 4 is 32.9 Å². The van der Waals surface area contributed by atoms with Crippen molar-refractivity contribution in [3.05, 3.63) is 99.3 Å². The van der Waals surface area contributed by atoms with Gasteiger partial charge >= 0.3 is 11.6 Å². The van der Waals surface area contributed by atoms with Crippen molar-refractivity contribution in [3.63, 3.8) is 0 Å². The van der Waals surface area contributed by atoms with E-state index in [1.54, 1.807) is 48.5 Å². The van der Waals surface area contributed by atoms with E-state index in [0.717, 1.165) is 15.4 Å². The number of fused-ring (bicyclic) bond motifs is 1. The van der Waals surface area contributed by atoms with Gasteiger partial charge < -0.3 is 9.15 Å². The number of carbonyl (C=O) groups is 1. The van der Waals surface area contributed by atoms with Crippen molar-refractivity contribution in [2.45, 2.75) is 0 Å². The first kappa shape index (κ1) is 17.2. The summed E-state index contributed by atoms with van der Waals surface area (Å²) in [4.78, 5) is 24.6. The lowest BCUT2D eigenvalue weighted by Gasteiger charge is -2.06. The molecule has 0 radical (unpaired) electrons. The first-order chi connectivity index (χ1) is 13.1. The van der Waals surface area contributed by atoms with Crippen LogP contribution < -0.4 is 10.4 Å². The molecular formula is C22H13BrO4. The average molecular weight is 421 g/mol. The Hall–Kier alpha value is -3.18. The highest BCUT2D eigenvalue weighted by atomic mass is 79.9. The van der Waals surface area contributed by atoms with Crippen LogP contribution in [0, 0.1) is 0 Å². The highest BCUT2D eigenvalue weighted by Crippen LogP contribution is 2.25. The molecule has 4 rings (SSSR count). The van der Waals surface area contributed by atoms with Gasteiger partial charge in [0.05, 0.1) is 11.1 Å². The van der Waals surface area contributed by atoms with Crippen LogP contribution in [0.3, 0.4) is 0 Å². The van der Waals surface area contributed by atoms with Crippen LogP contribution in [-0.2, 0) is 0 Å². The molecule has 0 atom stereocenters. The Kier molecular flexibility index (Phi) is 4.60. The number of esters is 1. The molecular weight excluding hydrogens is 408 g/mol. The molecule has 3 aromatic carbocycles. The minimum Gasteiger partial charge on any atom is -0.423 e. The smallest absolute Gasteiger partial charge is 0.344 e. The highest BCUT2D eigenvalue weighted by molar-refractivity contribution is 9.10. The summed E-state index contributed by atoms with van der Waals surface area (Å²) in [6, 6.07) is 22.9. The summed E-state index contributed by atoms with van der Waals surface area (Å²) in [6.07, 6.45) is 0. The normalized spacial score (nSPS) is 10.7. The molecule has 0 saturated carbocycles. The lowest BCUT2D eigenvalue weighted by Crippen LogP contribution is -2.08. The van der Waals surface area contributed by atoms with Crippen molar-refractivity contribution in [1.29, 1.82) is 0 Å². The minimum absolute atomic E-state index is 0.311. The van der Waals surface area contributed by atoms with E-state index in [2.05, 4.69) is 15.9 Å². The number of halogens is 1. The molecule has 0 amide bonds. The van der Waals surface area contributed by atoms with Gasteiger partial charge in [0, 0.05) is 15.9 Å². The zero-order chi connectivity index (χ0) is 18.8. The van der Waals surface area contributed by atoms with E-state index in [1.165, 1.54) is 0 Å². The monoisotopic (exact) mass is 420 g/mol. The summed E-state index contributed by atoms with van der Waals surface area (Å²) < 4.78 is 11.7. The molecule has 0 saturated heterocycles. The van der Waals surface area contributed by atoms with Crippen LogP contribution in [-0.4, -0.2) is 5.97 Å². The van der Waals surface area contributed by atoms with Crippen LogP contribution in [0.25, 0.3) is 22.1 Å². The van der Waals surface area contributed by atoms with Gasteiger partial charge in [-0.25, -0.2) is 9.59 Å². The van der Waals surface area contributed by atoms with Gasteiger partial charge in [-0.05, 0) is 48.0 Å². The molecule has 0 spiro atoms. The molecule has 132 valence electrons. The number of rotatable bonds is 3. The maximum atomic E-state index is 12.3. The van der Waals surface area contributed by atoms with Crippen molar-refractivity contribution in [1.82, 2.24) is 0 Å². The summed E-state index contributed by atoms with van der Waals surface area (Å²) in [5.41, 5.74) is 1.63. The number of benzene rings is 3. The van der Waals surface area contributed by atoms with Gasteiger partial charge in [0.1, 0.15) is 11.3 Å². The maximum Gasteiger partial charge on any atom is 0.344 e. The van der Waals surface area contributed by atoms with Crippen molar-refractivity contribution in [2.75, 3.05) is 0 Å². The first-order valence-corrected chi connectivity index (χ1v) is 9.00. The molecule has 0 aliphatic carbocycles. The van der Waals surface area contributed by atoms with E-state index in [0.29, 0.717) is 22.5 Å². The van der Waals surface area contributed by atoms with E-state index in [1.807, 2.05) is 30.3 Å². The molecule has 0 bridgehead atoms. The molecule has 1 heterocycles. The second-order valence-electron chi connectivity index (χ2n) is 5.91. The standard InChI is InChI=1S/C22H13BrO4/c23-17-9-6-15(7-10-17)21(24)26-18-11-8-16-12-19(14-4-2-1-3-5-14)22(25)27-20(16)13-18/h1-13H. The Morgan fingerprint density at radius 3 is 2.37 bits per heavy atom. The summed E-state index contributed by atoms with van der Waals surface area (Å²) in [7, 11) is 0. The molecule has 0 fully saturated rings. The predicted octanol–water partition coefficient (Wildman–Crippen LogP) is 5.44. The van der Waals surface area contributed by atoms with Crippen molar-refractivity contribution < 1.29 is 13.9 Å². The summed E-state index contributed by atoms with van der Waals surface area (Å²) in [5, 5.41) is 0.747. The van der Waals surface area contributed by atoms with Crippen LogP contribution in [0.15, 0.2) is 92.5 Å². The summed E-state index contributed by atoms with van der Waals surface area (Å²) in [6.45, 7) is 0. The van der Waals surface area contributed by atoms with Crippen molar-refractivity contribution in [3.8, 4) is 16.9 Å². The van der Waals surface area contributed by atoms with Gasteiger partial charge in [0.15, 0.2) is 0 Å². The van der Waals surface area contributed by atoms with Crippen LogP contribution in [0.2, 0.25) is 0 Å². The third-order valence-electron chi connectivity index (χ3n) is 4.08. The van der Waals surface area contributed by atoms with Gasteiger partial charge in [-0.1, -0.05) is 46.3 Å². The lowest BCUT2D eigenvalue weighted by molar-refractivity contribution is 0.0735. The third kappa shape index (κ3) is 3.68. The van der Waals surface area contributed by atoms with Crippen molar-refractivity contribution in [2.24, 2.45) is 0 Å². The molecule has 1 aromatic heterocycles. The molecule has 4 nitrogen and oxygen atoms in total. The zero-order valence-corrected chi connectivity index (χ0v) is 15.6. The van der Waals surface area contributed by atoms with E-state index in [9.17, 15) is 9.59 Å². The van der Waals surface area contributed by atoms with Crippen LogP contribution >= 0.6 is 15.9 Å². The fourth-order valence-electron chi connectivity index (χ4n) is 2.73. The van der Waals surface area contributed by atoms with Gasteiger partial charge in [-0.15, -0.1) is 0 Å². The Morgan fingerprint density at radius 2 is 1.63 bits per heavy atom. The second-order valence-corrected chi connectivity index (χ2v) is 6.83. The molecule has 0 unspecified atom stereocenters. The molecule has 4 aromatic rings. The van der Waals surface area contributed by atoms with E-state index >= 15 is 0 Å². The number of hydrogen-bond acceptors (Lipinski definition) is 4. The van der Waals surface area contributed by atoms with Gasteiger partial charge in [0.25, 0.3) is 0 Å². The SMILES string of the molecule is O=C(Oc1ccc2cc(-c3ccccc3)c(=O)oc2c1)c1ccc(Br)cc1. The van der Waals surface area contributed by atoms with E-state index in [4.69, 9.17) is 9.15 Å². The molecule has 0 N–H and O–H groups in total. The number of ether oxygens (including phenoxy) is 1. The summed E-state index contributed by atoms with van der Waals surface area (Å²) in [5.74, 6) is -0.170. The zero-order valence-electron chi connectivity index (χ0n) is 14.0. The molecule has 27 heavy (non-hydrogen) atoms. The van der Waals surface area contributed by atoms with Crippen LogP contribution in [0.5, 0.6) is 5.75 Å². The molecule has 5 heteroatoms. The largest absolute Gasteiger partial charge is 0.423 e. The topological polar surface area (TPSA) is 56.5 Å². The molecule has 0 aliphatic heterocycles. The van der Waals surface area contributed by atoms with Gasteiger partial charge in [-0.3, -0.25) is 0 Å². The highest BCUT2D eigenvalue weighted by Gasteiger charge is 2.11. The van der Waals surface area contributed by atoms with Gasteiger partial charge in [0.2, 0.25) is 0 Å². The first-order valence-electron chi connectivity index (χ1n) is 8.21. The average Bonchev–Trinajstić information content (AvgIpc) is 2.68. The molecule has 0 aliphatic rings. The fraction of sp³-hybridized carbons (Fsp3) is 0. The Morgan fingerprint density at radius 1 is 0.889 bits per heavy atom. The quantitative estimate of drug-likeness (QED) is 0.251. The van der Waals surface area contributed by atoms with Crippen LogP contribution in [0.1, 0.15) is 10.4 Å². The maximum absolute atomic E-state index is 12.3.